The Labute approximate surface area is 164 Å². The number of nitrogens with zero attached hydrogens (tertiary/aromatic N) is 6. The quantitative estimate of drug-likeness (QED) is 0.644. The van der Waals surface area contributed by atoms with E-state index in [-0.39, 0.29) is 6.10 Å². The van der Waals surface area contributed by atoms with Crippen LogP contribution < -0.4 is 4.90 Å². The lowest BCUT2D eigenvalue weighted by atomic mass is 10.2. The maximum Gasteiger partial charge on any atom is 0.240 e. The molecule has 8 nitrogen and oxygen atoms in total. The van der Waals surface area contributed by atoms with E-state index in [9.17, 15) is 0 Å². The van der Waals surface area contributed by atoms with Crippen molar-refractivity contribution in [3.05, 3.63) is 41.7 Å². The van der Waals surface area contributed by atoms with Crippen LogP contribution in [0.25, 0.3) is 11.0 Å². The van der Waals surface area contributed by atoms with Crippen molar-refractivity contribution < 1.29 is 9.26 Å². The first-order chi connectivity index (χ1) is 13.6. The Hall–Kier alpha value is -2.58. The number of rotatable bonds is 6. The fourth-order valence-corrected chi connectivity index (χ4v) is 3.51. The first-order valence-electron chi connectivity index (χ1n) is 9.79. The Kier molecular flexibility index (Phi) is 5.50. The number of aryl methyl sites for hydroxylation is 1. The molecule has 0 saturated carbocycles. The Morgan fingerprint density at radius 3 is 2.50 bits per heavy atom. The summed E-state index contributed by atoms with van der Waals surface area (Å²) in [5.41, 5.74) is 2.85. The van der Waals surface area contributed by atoms with Gasteiger partial charge in [0.15, 0.2) is 11.6 Å². The van der Waals surface area contributed by atoms with Gasteiger partial charge in [-0.05, 0) is 32.9 Å². The van der Waals surface area contributed by atoms with Crippen molar-refractivity contribution in [3.63, 3.8) is 0 Å². The summed E-state index contributed by atoms with van der Waals surface area (Å²) in [5, 5.41) is 4.04. The van der Waals surface area contributed by atoms with Crippen LogP contribution in [-0.2, 0) is 11.3 Å². The van der Waals surface area contributed by atoms with Crippen molar-refractivity contribution >= 4 is 16.9 Å². The SMILES string of the molecule is CCOC(C)c1noc(CN2CCN(c3nc4ccccc4nc3C)CC2)n1. The zero-order valence-corrected chi connectivity index (χ0v) is 16.6. The predicted octanol–water partition coefficient (Wildman–Crippen LogP) is 2.74. The molecule has 3 aromatic rings. The molecule has 1 unspecified atom stereocenters. The highest BCUT2D eigenvalue weighted by Gasteiger charge is 2.22. The molecular formula is C20H26N6O2. The van der Waals surface area contributed by atoms with Crippen LogP contribution in [0.15, 0.2) is 28.8 Å². The Balaban J connectivity index is 1.38. The molecule has 8 heteroatoms. The third-order valence-corrected chi connectivity index (χ3v) is 5.01. The normalized spacial score (nSPS) is 16.6. The van der Waals surface area contributed by atoms with E-state index < -0.39 is 0 Å². The number of piperazine rings is 1. The smallest absolute Gasteiger partial charge is 0.240 e. The van der Waals surface area contributed by atoms with E-state index in [1.54, 1.807) is 0 Å². The molecule has 0 radical (unpaired) electrons. The summed E-state index contributed by atoms with van der Waals surface area (Å²) >= 11 is 0. The van der Waals surface area contributed by atoms with E-state index in [1.165, 1.54) is 0 Å². The maximum atomic E-state index is 5.52. The maximum absolute atomic E-state index is 5.52. The van der Waals surface area contributed by atoms with E-state index in [2.05, 4.69) is 19.9 Å². The number of hydrogen-bond acceptors (Lipinski definition) is 8. The van der Waals surface area contributed by atoms with Crippen LogP contribution in [0.5, 0.6) is 0 Å². The van der Waals surface area contributed by atoms with E-state index >= 15 is 0 Å². The second-order valence-electron chi connectivity index (χ2n) is 7.03. The van der Waals surface area contributed by atoms with Gasteiger partial charge in [0.05, 0.1) is 23.3 Å². The van der Waals surface area contributed by atoms with Gasteiger partial charge in [-0.3, -0.25) is 4.90 Å². The number of benzene rings is 1. The highest BCUT2D eigenvalue weighted by atomic mass is 16.5. The molecular weight excluding hydrogens is 356 g/mol. The summed E-state index contributed by atoms with van der Waals surface area (Å²) in [6.45, 7) is 10.8. The van der Waals surface area contributed by atoms with Gasteiger partial charge in [0, 0.05) is 32.8 Å². The lowest BCUT2D eigenvalue weighted by molar-refractivity contribution is 0.0683. The van der Waals surface area contributed by atoms with Crippen LogP contribution in [0.3, 0.4) is 0 Å². The molecule has 1 saturated heterocycles. The standard InChI is InChI=1S/C20H26N6O2/c1-4-27-15(3)19-23-18(28-24-19)13-25-9-11-26(12-10-25)20-14(2)21-16-7-5-6-8-17(16)22-20/h5-8,15H,4,9-13H2,1-3H3. The molecule has 1 aliphatic rings. The summed E-state index contributed by atoms with van der Waals surface area (Å²) in [7, 11) is 0. The molecule has 0 spiro atoms. The molecule has 0 N–H and O–H groups in total. The van der Waals surface area contributed by atoms with Crippen LogP contribution in [0.4, 0.5) is 5.82 Å². The second kappa shape index (κ2) is 8.20. The van der Waals surface area contributed by atoms with Gasteiger partial charge in [-0.1, -0.05) is 17.3 Å². The molecule has 0 bridgehead atoms. The highest BCUT2D eigenvalue weighted by Crippen LogP contribution is 2.22. The third-order valence-electron chi connectivity index (χ3n) is 5.01. The average molecular weight is 382 g/mol. The van der Waals surface area contributed by atoms with Crippen LogP contribution in [0.1, 0.15) is 37.4 Å². The summed E-state index contributed by atoms with van der Waals surface area (Å²) in [4.78, 5) is 18.6. The summed E-state index contributed by atoms with van der Waals surface area (Å²) in [5.74, 6) is 2.22. The molecule has 0 amide bonds. The summed E-state index contributed by atoms with van der Waals surface area (Å²) in [6, 6.07) is 8.01. The molecule has 3 heterocycles. The van der Waals surface area contributed by atoms with Crippen LogP contribution in [-0.4, -0.2) is 57.8 Å². The molecule has 2 aromatic heterocycles. The summed E-state index contributed by atoms with van der Waals surface area (Å²) < 4.78 is 10.9. The largest absolute Gasteiger partial charge is 0.371 e. The minimum atomic E-state index is -0.145. The Morgan fingerprint density at radius 1 is 1.07 bits per heavy atom. The van der Waals surface area contributed by atoms with Gasteiger partial charge < -0.3 is 14.2 Å². The first-order valence-corrected chi connectivity index (χ1v) is 9.79. The zero-order chi connectivity index (χ0) is 19.5. The predicted molar refractivity (Wildman–Crippen MR) is 106 cm³/mol. The molecule has 1 aromatic carbocycles. The topological polar surface area (TPSA) is 80.4 Å². The van der Waals surface area contributed by atoms with Crippen molar-refractivity contribution in [2.24, 2.45) is 0 Å². The van der Waals surface area contributed by atoms with Crippen molar-refractivity contribution in [1.29, 1.82) is 0 Å². The van der Waals surface area contributed by atoms with E-state index in [0.29, 0.717) is 24.9 Å². The highest BCUT2D eigenvalue weighted by molar-refractivity contribution is 5.76. The van der Waals surface area contributed by atoms with Crippen molar-refractivity contribution in [1.82, 2.24) is 25.0 Å². The van der Waals surface area contributed by atoms with Gasteiger partial charge in [0.2, 0.25) is 5.89 Å². The number of anilines is 1. The van der Waals surface area contributed by atoms with Gasteiger partial charge in [0.1, 0.15) is 6.10 Å². The average Bonchev–Trinajstić information content (AvgIpc) is 3.17. The molecule has 1 fully saturated rings. The molecule has 1 aliphatic heterocycles. The molecule has 0 aliphatic carbocycles. The lowest BCUT2D eigenvalue weighted by Gasteiger charge is -2.35. The molecule has 148 valence electrons. The minimum Gasteiger partial charge on any atom is -0.371 e. The first kappa shape index (κ1) is 18.8. The van der Waals surface area contributed by atoms with E-state index in [1.807, 2.05) is 45.0 Å². The fourth-order valence-electron chi connectivity index (χ4n) is 3.51. The van der Waals surface area contributed by atoms with Gasteiger partial charge in [-0.25, -0.2) is 9.97 Å². The van der Waals surface area contributed by atoms with Gasteiger partial charge in [-0.2, -0.15) is 4.98 Å². The van der Waals surface area contributed by atoms with Crippen LogP contribution in [0.2, 0.25) is 0 Å². The Morgan fingerprint density at radius 2 is 1.79 bits per heavy atom. The third kappa shape index (κ3) is 3.98. The van der Waals surface area contributed by atoms with Crippen LogP contribution in [0, 0.1) is 6.92 Å². The van der Waals surface area contributed by atoms with Gasteiger partial charge >= 0.3 is 0 Å². The fraction of sp³-hybridized carbons (Fsp3) is 0.500. The molecule has 1 atom stereocenters. The summed E-state index contributed by atoms with van der Waals surface area (Å²) in [6.07, 6.45) is -0.145. The molecule has 4 rings (SSSR count). The van der Waals surface area contributed by atoms with E-state index in [0.717, 1.165) is 48.7 Å². The van der Waals surface area contributed by atoms with Gasteiger partial charge in [-0.15, -0.1) is 0 Å². The number of para-hydroxylation sites is 2. The van der Waals surface area contributed by atoms with Gasteiger partial charge in [0.25, 0.3) is 0 Å². The zero-order valence-electron chi connectivity index (χ0n) is 16.6. The van der Waals surface area contributed by atoms with Crippen molar-refractivity contribution in [2.75, 3.05) is 37.7 Å². The monoisotopic (exact) mass is 382 g/mol. The number of aromatic nitrogens is 4. The minimum absolute atomic E-state index is 0.145. The van der Waals surface area contributed by atoms with Crippen molar-refractivity contribution in [3.8, 4) is 0 Å². The lowest BCUT2D eigenvalue weighted by Crippen LogP contribution is -2.46. The number of fused-ring (bicyclic) bond motifs is 1. The number of hydrogen-bond donors (Lipinski definition) is 0. The van der Waals surface area contributed by atoms with Crippen molar-refractivity contribution in [2.45, 2.75) is 33.4 Å². The van der Waals surface area contributed by atoms with Crippen LogP contribution >= 0.6 is 0 Å². The van der Waals surface area contributed by atoms with E-state index in [4.69, 9.17) is 19.2 Å². The number of ether oxygens (including phenoxy) is 1. The second-order valence-corrected chi connectivity index (χ2v) is 7.03. The Bertz CT molecular complexity index is 935. The molecule has 28 heavy (non-hydrogen) atoms.